The Kier molecular flexibility index (Phi) is 3.65. The molecule has 0 unspecified atom stereocenters. The average Bonchev–Trinajstić information content (AvgIpc) is 2.99. The number of carbonyl (C=O) groups is 2. The third-order valence-corrected chi connectivity index (χ3v) is 3.11. The highest BCUT2D eigenvalue weighted by molar-refractivity contribution is 5.99. The van der Waals surface area contributed by atoms with Gasteiger partial charge in [0.1, 0.15) is 5.75 Å². The van der Waals surface area contributed by atoms with E-state index in [2.05, 4.69) is 0 Å². The number of Topliss-reactive ketones (excluding diaryl/α,β-unsaturated/α-hetero) is 1. The molecule has 112 valence electrons. The Balaban J connectivity index is 1.64. The molecule has 0 saturated heterocycles. The predicted molar refractivity (Wildman–Crippen MR) is 75.3 cm³/mol. The van der Waals surface area contributed by atoms with Crippen molar-refractivity contribution in [3.05, 3.63) is 53.6 Å². The van der Waals surface area contributed by atoms with Gasteiger partial charge in [-0.1, -0.05) is 6.07 Å². The van der Waals surface area contributed by atoms with Gasteiger partial charge in [-0.25, -0.2) is 4.79 Å². The van der Waals surface area contributed by atoms with Crippen LogP contribution in [0.3, 0.4) is 0 Å². The number of fused-ring (bicyclic) bond motifs is 1. The molecule has 0 atom stereocenters. The zero-order valence-electron chi connectivity index (χ0n) is 11.4. The van der Waals surface area contributed by atoms with Crippen LogP contribution in [0.4, 0.5) is 0 Å². The number of esters is 1. The van der Waals surface area contributed by atoms with Crippen molar-refractivity contribution in [3.8, 4) is 17.2 Å². The first-order chi connectivity index (χ1) is 10.6. The summed E-state index contributed by atoms with van der Waals surface area (Å²) < 4.78 is 15.3. The summed E-state index contributed by atoms with van der Waals surface area (Å²) in [6, 6.07) is 10.5. The molecule has 2 aromatic carbocycles. The zero-order valence-corrected chi connectivity index (χ0v) is 11.4. The number of hydrogen-bond donors (Lipinski definition) is 1. The maximum Gasteiger partial charge on any atom is 0.338 e. The molecule has 1 N–H and O–H groups in total. The van der Waals surface area contributed by atoms with Gasteiger partial charge in [-0.15, -0.1) is 0 Å². The zero-order chi connectivity index (χ0) is 15.5. The van der Waals surface area contributed by atoms with Crippen molar-refractivity contribution in [3.63, 3.8) is 0 Å². The first-order valence-electron chi connectivity index (χ1n) is 6.52. The van der Waals surface area contributed by atoms with Gasteiger partial charge < -0.3 is 19.3 Å². The number of phenols is 1. The summed E-state index contributed by atoms with van der Waals surface area (Å²) in [5, 5.41) is 9.31. The molecule has 0 spiro atoms. The standard InChI is InChI=1S/C16H12O6/c17-12-3-1-2-11(6-12)16(19)20-8-13(18)10-4-5-14-15(7-10)22-9-21-14/h1-7,17H,8-9H2. The van der Waals surface area contributed by atoms with Gasteiger partial charge in [0.15, 0.2) is 23.9 Å². The molecule has 0 amide bonds. The summed E-state index contributed by atoms with van der Waals surface area (Å²) in [6.45, 7) is -0.270. The summed E-state index contributed by atoms with van der Waals surface area (Å²) in [5.74, 6) is -0.00759. The fourth-order valence-electron chi connectivity index (χ4n) is 2.00. The van der Waals surface area contributed by atoms with Crippen LogP contribution in [0, 0.1) is 0 Å². The molecule has 0 aromatic heterocycles. The molecule has 1 aliphatic heterocycles. The summed E-state index contributed by atoms with van der Waals surface area (Å²) in [7, 11) is 0. The quantitative estimate of drug-likeness (QED) is 0.688. The Morgan fingerprint density at radius 3 is 2.68 bits per heavy atom. The van der Waals surface area contributed by atoms with E-state index in [1.54, 1.807) is 18.2 Å². The number of aromatic hydroxyl groups is 1. The van der Waals surface area contributed by atoms with Gasteiger partial charge in [-0.2, -0.15) is 0 Å². The minimum Gasteiger partial charge on any atom is -0.508 e. The Hall–Kier alpha value is -3.02. The Labute approximate surface area is 125 Å². The van der Waals surface area contributed by atoms with Gasteiger partial charge in [0.25, 0.3) is 0 Å². The van der Waals surface area contributed by atoms with Crippen LogP contribution in [-0.4, -0.2) is 30.3 Å². The van der Waals surface area contributed by atoms with Crippen LogP contribution in [-0.2, 0) is 4.74 Å². The third kappa shape index (κ3) is 2.85. The van der Waals surface area contributed by atoms with E-state index < -0.39 is 12.6 Å². The summed E-state index contributed by atoms with van der Waals surface area (Å²) >= 11 is 0. The van der Waals surface area contributed by atoms with E-state index >= 15 is 0 Å². The molecule has 1 aliphatic rings. The second-order valence-corrected chi connectivity index (χ2v) is 4.62. The van der Waals surface area contributed by atoms with E-state index in [0.29, 0.717) is 17.1 Å². The van der Waals surface area contributed by atoms with Crippen LogP contribution in [0.25, 0.3) is 0 Å². The van der Waals surface area contributed by atoms with Crippen molar-refractivity contribution in [2.45, 2.75) is 0 Å². The fourth-order valence-corrected chi connectivity index (χ4v) is 2.00. The molecule has 3 rings (SSSR count). The molecular weight excluding hydrogens is 288 g/mol. The molecule has 2 aromatic rings. The van der Waals surface area contributed by atoms with Gasteiger partial charge in [-0.3, -0.25) is 4.79 Å². The number of hydrogen-bond acceptors (Lipinski definition) is 6. The van der Waals surface area contributed by atoms with E-state index in [-0.39, 0.29) is 23.9 Å². The number of rotatable bonds is 4. The maximum atomic E-state index is 12.0. The van der Waals surface area contributed by atoms with E-state index in [1.807, 2.05) is 0 Å². The molecule has 1 heterocycles. The molecular formula is C16H12O6. The Morgan fingerprint density at radius 2 is 1.86 bits per heavy atom. The molecule has 0 saturated carbocycles. The molecule has 0 bridgehead atoms. The van der Waals surface area contributed by atoms with Crippen LogP contribution in [0.2, 0.25) is 0 Å². The van der Waals surface area contributed by atoms with Crippen LogP contribution in [0.1, 0.15) is 20.7 Å². The van der Waals surface area contributed by atoms with Gasteiger partial charge >= 0.3 is 5.97 Å². The lowest BCUT2D eigenvalue weighted by molar-refractivity contribution is 0.0474. The summed E-state index contributed by atoms with van der Waals surface area (Å²) in [5.41, 5.74) is 0.548. The van der Waals surface area contributed by atoms with Crippen LogP contribution < -0.4 is 9.47 Å². The number of ether oxygens (including phenoxy) is 3. The van der Waals surface area contributed by atoms with Crippen molar-refractivity contribution in [1.82, 2.24) is 0 Å². The van der Waals surface area contributed by atoms with E-state index in [1.165, 1.54) is 24.3 Å². The fraction of sp³-hybridized carbons (Fsp3) is 0.125. The highest BCUT2D eigenvalue weighted by Gasteiger charge is 2.17. The minimum absolute atomic E-state index is 0.0449. The van der Waals surface area contributed by atoms with E-state index in [4.69, 9.17) is 14.2 Å². The van der Waals surface area contributed by atoms with Gasteiger partial charge in [0, 0.05) is 5.56 Å². The first kappa shape index (κ1) is 13.9. The van der Waals surface area contributed by atoms with Crippen molar-refractivity contribution < 1.29 is 28.9 Å². The van der Waals surface area contributed by atoms with E-state index in [0.717, 1.165) is 0 Å². The molecule has 0 aliphatic carbocycles. The smallest absolute Gasteiger partial charge is 0.338 e. The summed E-state index contributed by atoms with van der Waals surface area (Å²) in [6.07, 6.45) is 0. The third-order valence-electron chi connectivity index (χ3n) is 3.11. The number of carbonyl (C=O) groups excluding carboxylic acids is 2. The van der Waals surface area contributed by atoms with E-state index in [9.17, 15) is 14.7 Å². The van der Waals surface area contributed by atoms with Crippen LogP contribution in [0.15, 0.2) is 42.5 Å². The average molecular weight is 300 g/mol. The molecule has 0 fully saturated rings. The monoisotopic (exact) mass is 300 g/mol. The second kappa shape index (κ2) is 5.77. The number of ketones is 1. The lowest BCUT2D eigenvalue weighted by Gasteiger charge is -2.05. The van der Waals surface area contributed by atoms with Gasteiger partial charge in [0.05, 0.1) is 5.56 Å². The predicted octanol–water partition coefficient (Wildman–Crippen LogP) is 2.16. The second-order valence-electron chi connectivity index (χ2n) is 4.62. The Morgan fingerprint density at radius 1 is 1.05 bits per heavy atom. The number of phenolic OH excluding ortho intramolecular Hbond substituents is 1. The van der Waals surface area contributed by atoms with Crippen molar-refractivity contribution in [2.75, 3.05) is 13.4 Å². The molecule has 0 radical (unpaired) electrons. The normalized spacial score (nSPS) is 12.0. The number of benzene rings is 2. The highest BCUT2D eigenvalue weighted by Crippen LogP contribution is 2.32. The van der Waals surface area contributed by atoms with Gasteiger partial charge in [-0.05, 0) is 36.4 Å². The molecule has 6 heteroatoms. The SMILES string of the molecule is O=C(COC(=O)c1cccc(O)c1)c1ccc2c(c1)OCO2. The largest absolute Gasteiger partial charge is 0.508 e. The van der Waals surface area contributed by atoms with Crippen molar-refractivity contribution in [1.29, 1.82) is 0 Å². The first-order valence-corrected chi connectivity index (χ1v) is 6.52. The topological polar surface area (TPSA) is 82.1 Å². The molecule has 22 heavy (non-hydrogen) atoms. The lowest BCUT2D eigenvalue weighted by atomic mass is 10.1. The molecule has 6 nitrogen and oxygen atoms in total. The lowest BCUT2D eigenvalue weighted by Crippen LogP contribution is -2.14. The van der Waals surface area contributed by atoms with Crippen molar-refractivity contribution in [2.24, 2.45) is 0 Å². The Bertz CT molecular complexity index is 737. The summed E-state index contributed by atoms with van der Waals surface area (Å²) in [4.78, 5) is 23.8. The van der Waals surface area contributed by atoms with Gasteiger partial charge in [0.2, 0.25) is 6.79 Å². The van der Waals surface area contributed by atoms with Crippen molar-refractivity contribution >= 4 is 11.8 Å². The maximum absolute atomic E-state index is 12.0. The minimum atomic E-state index is -0.676. The highest BCUT2D eigenvalue weighted by atomic mass is 16.7. The van der Waals surface area contributed by atoms with Crippen LogP contribution in [0.5, 0.6) is 17.2 Å². The van der Waals surface area contributed by atoms with Crippen LogP contribution >= 0.6 is 0 Å².